The molecule has 0 unspecified atom stereocenters. The van der Waals surface area contributed by atoms with Crippen LogP contribution in [-0.4, -0.2) is 81.3 Å². The van der Waals surface area contributed by atoms with Gasteiger partial charge in [0.2, 0.25) is 0 Å². The minimum atomic E-state index is 0. The molecule has 1 aromatic rings. The van der Waals surface area contributed by atoms with Gasteiger partial charge < -0.3 is 15.4 Å². The van der Waals surface area contributed by atoms with Crippen molar-refractivity contribution in [2.24, 2.45) is 4.99 Å². The third kappa shape index (κ3) is 9.19. The number of piperidine rings is 1. The zero-order chi connectivity index (χ0) is 19.4. The van der Waals surface area contributed by atoms with Crippen LogP contribution in [0.4, 0.5) is 0 Å². The molecule has 2 aliphatic rings. The number of morpholine rings is 1. The number of likely N-dealkylation sites (tertiary alicyclic amines) is 1. The van der Waals surface area contributed by atoms with Crippen molar-refractivity contribution in [3.05, 3.63) is 35.9 Å². The molecule has 164 valence electrons. The Labute approximate surface area is 193 Å². The minimum Gasteiger partial charge on any atom is -0.379 e. The monoisotopic (exact) mass is 515 g/mol. The zero-order valence-corrected chi connectivity index (χ0v) is 20.1. The van der Waals surface area contributed by atoms with Gasteiger partial charge in [-0.25, -0.2) is 0 Å². The fourth-order valence-corrected chi connectivity index (χ4v) is 3.96. The fraction of sp³-hybridized carbons (Fsp3) is 0.682. The van der Waals surface area contributed by atoms with Crippen molar-refractivity contribution in [1.82, 2.24) is 20.4 Å². The molecule has 0 radical (unpaired) electrons. The maximum Gasteiger partial charge on any atom is 0.191 e. The first-order valence-electron chi connectivity index (χ1n) is 10.9. The average molecular weight is 515 g/mol. The van der Waals surface area contributed by atoms with E-state index in [2.05, 4.69) is 55.8 Å². The first kappa shape index (κ1) is 24.4. The number of aliphatic imine (C=N–C) groups is 1. The molecule has 3 rings (SSSR count). The number of hydrogen-bond acceptors (Lipinski definition) is 4. The maximum absolute atomic E-state index is 5.40. The number of nitrogens with zero attached hydrogens (tertiary/aromatic N) is 3. The van der Waals surface area contributed by atoms with E-state index in [1.165, 1.54) is 37.8 Å². The number of ether oxygens (including phenoxy) is 1. The maximum atomic E-state index is 5.40. The molecule has 0 saturated carbocycles. The molecular weight excluding hydrogens is 477 g/mol. The standard InChI is InChI=1S/C22H37N5O.HI/c1-23-22(24-11-5-6-12-26-15-17-28-18-16-26)25-21-9-13-27(14-10-21)19-20-7-3-2-4-8-20;/h2-4,7-8,21H,5-6,9-19H2,1H3,(H2,23,24,25);1H. The molecular formula is C22H38IN5O. The summed E-state index contributed by atoms with van der Waals surface area (Å²) >= 11 is 0. The summed E-state index contributed by atoms with van der Waals surface area (Å²) in [6.07, 6.45) is 4.74. The zero-order valence-electron chi connectivity index (χ0n) is 17.8. The van der Waals surface area contributed by atoms with Crippen molar-refractivity contribution in [3.63, 3.8) is 0 Å². The van der Waals surface area contributed by atoms with Crippen LogP contribution >= 0.6 is 24.0 Å². The lowest BCUT2D eigenvalue weighted by atomic mass is 10.0. The van der Waals surface area contributed by atoms with E-state index in [1.54, 1.807) is 0 Å². The van der Waals surface area contributed by atoms with Gasteiger partial charge in [0.1, 0.15) is 0 Å². The third-order valence-electron chi connectivity index (χ3n) is 5.70. The smallest absolute Gasteiger partial charge is 0.191 e. The highest BCUT2D eigenvalue weighted by atomic mass is 127. The van der Waals surface area contributed by atoms with Gasteiger partial charge in [-0.05, 0) is 37.8 Å². The second kappa shape index (κ2) is 14.2. The number of rotatable bonds is 8. The van der Waals surface area contributed by atoms with Crippen molar-refractivity contribution in [2.75, 3.05) is 59.5 Å². The number of guanidine groups is 1. The van der Waals surface area contributed by atoms with Gasteiger partial charge in [0.25, 0.3) is 0 Å². The molecule has 2 N–H and O–H groups in total. The highest BCUT2D eigenvalue weighted by Crippen LogP contribution is 2.13. The van der Waals surface area contributed by atoms with Crippen molar-refractivity contribution in [1.29, 1.82) is 0 Å². The Morgan fingerprint density at radius 2 is 1.76 bits per heavy atom. The largest absolute Gasteiger partial charge is 0.379 e. The predicted molar refractivity (Wildman–Crippen MR) is 131 cm³/mol. The van der Waals surface area contributed by atoms with Gasteiger partial charge in [-0.3, -0.25) is 14.8 Å². The van der Waals surface area contributed by atoms with E-state index in [0.717, 1.165) is 58.4 Å². The van der Waals surface area contributed by atoms with E-state index < -0.39 is 0 Å². The van der Waals surface area contributed by atoms with Crippen LogP contribution in [0.3, 0.4) is 0 Å². The minimum absolute atomic E-state index is 0. The van der Waals surface area contributed by atoms with E-state index in [9.17, 15) is 0 Å². The average Bonchev–Trinajstić information content (AvgIpc) is 2.75. The summed E-state index contributed by atoms with van der Waals surface area (Å²) in [4.78, 5) is 9.46. The van der Waals surface area contributed by atoms with E-state index in [-0.39, 0.29) is 24.0 Å². The van der Waals surface area contributed by atoms with Crippen molar-refractivity contribution in [3.8, 4) is 0 Å². The second-order valence-corrected chi connectivity index (χ2v) is 7.84. The molecule has 0 spiro atoms. The Balaban J connectivity index is 0.00000300. The van der Waals surface area contributed by atoms with Crippen LogP contribution in [0, 0.1) is 0 Å². The highest BCUT2D eigenvalue weighted by molar-refractivity contribution is 14.0. The number of nitrogens with one attached hydrogen (secondary N) is 2. The number of benzene rings is 1. The van der Waals surface area contributed by atoms with Crippen molar-refractivity contribution >= 4 is 29.9 Å². The summed E-state index contributed by atoms with van der Waals surface area (Å²) < 4.78 is 5.40. The molecule has 2 heterocycles. The summed E-state index contributed by atoms with van der Waals surface area (Å²) in [7, 11) is 1.87. The lowest BCUT2D eigenvalue weighted by Crippen LogP contribution is -2.48. The summed E-state index contributed by atoms with van der Waals surface area (Å²) in [6, 6.07) is 11.3. The molecule has 6 nitrogen and oxygen atoms in total. The van der Waals surface area contributed by atoms with Crippen LogP contribution < -0.4 is 10.6 Å². The summed E-state index contributed by atoms with van der Waals surface area (Å²) in [6.45, 7) is 9.45. The van der Waals surface area contributed by atoms with Gasteiger partial charge in [-0.2, -0.15) is 0 Å². The molecule has 0 bridgehead atoms. The highest BCUT2D eigenvalue weighted by Gasteiger charge is 2.20. The van der Waals surface area contributed by atoms with Crippen LogP contribution in [-0.2, 0) is 11.3 Å². The van der Waals surface area contributed by atoms with Gasteiger partial charge in [0.05, 0.1) is 13.2 Å². The Morgan fingerprint density at radius 1 is 1.03 bits per heavy atom. The number of hydrogen-bond donors (Lipinski definition) is 2. The van der Waals surface area contributed by atoms with Gasteiger partial charge >= 0.3 is 0 Å². The van der Waals surface area contributed by atoms with Crippen LogP contribution in [0.5, 0.6) is 0 Å². The van der Waals surface area contributed by atoms with Crippen molar-refractivity contribution < 1.29 is 4.74 Å². The fourth-order valence-electron chi connectivity index (χ4n) is 3.96. The number of unbranched alkanes of at least 4 members (excludes halogenated alkanes) is 1. The summed E-state index contributed by atoms with van der Waals surface area (Å²) in [5.41, 5.74) is 1.41. The first-order chi connectivity index (χ1) is 13.8. The first-order valence-corrected chi connectivity index (χ1v) is 10.9. The van der Waals surface area contributed by atoms with Gasteiger partial charge in [0.15, 0.2) is 5.96 Å². The molecule has 29 heavy (non-hydrogen) atoms. The van der Waals surface area contributed by atoms with Crippen LogP contribution in [0.2, 0.25) is 0 Å². The quantitative estimate of drug-likeness (QED) is 0.241. The lowest BCUT2D eigenvalue weighted by Gasteiger charge is -2.33. The van der Waals surface area contributed by atoms with Gasteiger partial charge in [-0.15, -0.1) is 24.0 Å². The summed E-state index contributed by atoms with van der Waals surface area (Å²) in [5, 5.41) is 7.10. The molecule has 7 heteroatoms. The molecule has 2 aliphatic heterocycles. The van der Waals surface area contributed by atoms with Crippen LogP contribution in [0.25, 0.3) is 0 Å². The Morgan fingerprint density at radius 3 is 2.45 bits per heavy atom. The lowest BCUT2D eigenvalue weighted by molar-refractivity contribution is 0.0372. The molecule has 1 aromatic carbocycles. The molecule has 0 atom stereocenters. The van der Waals surface area contributed by atoms with E-state index in [4.69, 9.17) is 4.74 Å². The number of halogens is 1. The van der Waals surface area contributed by atoms with Crippen molar-refractivity contribution in [2.45, 2.75) is 38.3 Å². The molecule has 0 amide bonds. The second-order valence-electron chi connectivity index (χ2n) is 7.84. The summed E-state index contributed by atoms with van der Waals surface area (Å²) in [5.74, 6) is 0.952. The Kier molecular flexibility index (Phi) is 11.9. The SMILES string of the molecule is CN=C(NCCCCN1CCOCC1)NC1CCN(Cc2ccccc2)CC1.I. The van der Waals surface area contributed by atoms with Crippen LogP contribution in [0.1, 0.15) is 31.2 Å². The third-order valence-corrected chi connectivity index (χ3v) is 5.70. The molecule has 2 fully saturated rings. The normalized spacial score (nSPS) is 19.6. The Hall–Kier alpha value is -0.900. The Bertz CT molecular complexity index is 572. The van der Waals surface area contributed by atoms with E-state index in [1.807, 2.05) is 7.05 Å². The topological polar surface area (TPSA) is 52.1 Å². The van der Waals surface area contributed by atoms with Crippen LogP contribution in [0.15, 0.2) is 35.3 Å². The molecule has 2 saturated heterocycles. The predicted octanol–water partition coefficient (Wildman–Crippen LogP) is 2.55. The van der Waals surface area contributed by atoms with E-state index >= 15 is 0 Å². The van der Waals surface area contributed by atoms with E-state index in [0.29, 0.717) is 6.04 Å². The molecule has 0 aliphatic carbocycles. The van der Waals surface area contributed by atoms with Gasteiger partial charge in [-0.1, -0.05) is 30.3 Å². The molecule has 0 aromatic heterocycles. The van der Waals surface area contributed by atoms with Gasteiger partial charge in [0, 0.05) is 52.4 Å².